The van der Waals surface area contributed by atoms with Crippen LogP contribution in [0.15, 0.2) is 18.2 Å². The Bertz CT molecular complexity index is 416. The summed E-state index contributed by atoms with van der Waals surface area (Å²) >= 11 is 5.80. The van der Waals surface area contributed by atoms with Crippen LogP contribution in [0.4, 0.5) is 4.39 Å². The van der Waals surface area contributed by atoms with Crippen LogP contribution in [0.3, 0.4) is 0 Å². The Hall–Kier alpha value is -0.930. The molecule has 1 N–H and O–H groups in total. The van der Waals surface area contributed by atoms with Gasteiger partial charge in [-0.2, -0.15) is 0 Å². The molecule has 0 atom stereocenters. The number of benzene rings is 1. The van der Waals surface area contributed by atoms with Crippen LogP contribution in [-0.4, -0.2) is 18.9 Å². The maximum Gasteiger partial charge on any atom is 0.140 e. The second kappa shape index (κ2) is 5.61. The smallest absolute Gasteiger partial charge is 0.140 e. The van der Waals surface area contributed by atoms with Gasteiger partial charge in [-0.05, 0) is 49.7 Å². The Morgan fingerprint density at radius 3 is 2.82 bits per heavy atom. The normalized spacial score (nSPS) is 17.1. The quantitative estimate of drug-likeness (QED) is 0.900. The van der Waals surface area contributed by atoms with Crippen molar-refractivity contribution < 1.29 is 9.18 Å². The summed E-state index contributed by atoms with van der Waals surface area (Å²) in [6.07, 6.45) is 1.85. The lowest BCUT2D eigenvalue weighted by Gasteiger charge is -2.21. The van der Waals surface area contributed by atoms with E-state index in [1.165, 1.54) is 18.2 Å². The van der Waals surface area contributed by atoms with Crippen LogP contribution in [0.5, 0.6) is 0 Å². The maximum atomic E-state index is 13.5. The van der Waals surface area contributed by atoms with Gasteiger partial charge in [-0.25, -0.2) is 4.39 Å². The van der Waals surface area contributed by atoms with E-state index in [1.807, 2.05) is 0 Å². The summed E-state index contributed by atoms with van der Waals surface area (Å²) in [4.78, 5) is 12.0. The number of rotatable bonds is 3. The largest absolute Gasteiger partial charge is 0.317 e. The minimum absolute atomic E-state index is 0.0645. The molecule has 1 aromatic carbocycles. The van der Waals surface area contributed by atoms with Gasteiger partial charge in [0.25, 0.3) is 0 Å². The molecular weight excluding hydrogens is 241 g/mol. The van der Waals surface area contributed by atoms with Crippen LogP contribution in [0.25, 0.3) is 0 Å². The molecule has 2 nitrogen and oxygen atoms in total. The van der Waals surface area contributed by atoms with Gasteiger partial charge >= 0.3 is 0 Å². The summed E-state index contributed by atoms with van der Waals surface area (Å²) in [6, 6.07) is 4.35. The second-order valence-electron chi connectivity index (χ2n) is 4.40. The molecule has 0 aromatic heterocycles. The van der Waals surface area contributed by atoms with Crippen LogP contribution in [-0.2, 0) is 11.2 Å². The monoisotopic (exact) mass is 255 g/mol. The van der Waals surface area contributed by atoms with Crippen LogP contribution in [0.1, 0.15) is 18.4 Å². The molecule has 1 aromatic rings. The van der Waals surface area contributed by atoms with E-state index < -0.39 is 0 Å². The summed E-state index contributed by atoms with van der Waals surface area (Å²) in [5.74, 6) is -0.168. The van der Waals surface area contributed by atoms with Gasteiger partial charge in [0.05, 0.1) is 0 Å². The first-order valence-corrected chi connectivity index (χ1v) is 6.22. The topological polar surface area (TPSA) is 29.1 Å². The zero-order chi connectivity index (χ0) is 12.3. The lowest BCUT2D eigenvalue weighted by Crippen LogP contribution is -2.32. The number of Topliss-reactive ketones (excluding diaryl/α,β-unsaturated/α-hetero) is 1. The van der Waals surface area contributed by atoms with E-state index in [0.717, 1.165) is 25.9 Å². The molecule has 2 rings (SSSR count). The van der Waals surface area contributed by atoms with Crippen molar-refractivity contribution in [3.63, 3.8) is 0 Å². The van der Waals surface area contributed by atoms with Gasteiger partial charge in [-0.3, -0.25) is 4.79 Å². The number of carbonyl (C=O) groups excluding carboxylic acids is 1. The van der Waals surface area contributed by atoms with Gasteiger partial charge in [0, 0.05) is 17.4 Å². The van der Waals surface area contributed by atoms with Crippen molar-refractivity contribution in [1.29, 1.82) is 0 Å². The predicted molar refractivity (Wildman–Crippen MR) is 65.7 cm³/mol. The minimum atomic E-state index is -0.350. The fourth-order valence-electron chi connectivity index (χ4n) is 2.15. The van der Waals surface area contributed by atoms with E-state index in [-0.39, 0.29) is 23.9 Å². The highest BCUT2D eigenvalue weighted by atomic mass is 35.5. The number of hydrogen-bond donors (Lipinski definition) is 1. The lowest BCUT2D eigenvalue weighted by molar-refractivity contribution is -0.122. The molecule has 1 heterocycles. The molecule has 4 heteroatoms. The zero-order valence-electron chi connectivity index (χ0n) is 9.51. The highest BCUT2D eigenvalue weighted by molar-refractivity contribution is 6.30. The van der Waals surface area contributed by atoms with E-state index >= 15 is 0 Å². The molecule has 1 aliphatic rings. The van der Waals surface area contributed by atoms with E-state index in [1.54, 1.807) is 0 Å². The Balaban J connectivity index is 2.04. The third kappa shape index (κ3) is 3.27. The highest BCUT2D eigenvalue weighted by Crippen LogP contribution is 2.19. The van der Waals surface area contributed by atoms with Crippen LogP contribution in [0.2, 0.25) is 5.02 Å². The van der Waals surface area contributed by atoms with Crippen molar-refractivity contribution in [3.8, 4) is 0 Å². The standard InChI is InChI=1S/C13H15ClFNO/c14-11-1-2-12(15)10(7-11)8-13(17)9-3-5-16-6-4-9/h1-2,7,9,16H,3-6,8H2. The average molecular weight is 256 g/mol. The molecule has 1 aliphatic heterocycles. The number of ketones is 1. The fraction of sp³-hybridized carbons (Fsp3) is 0.462. The molecular formula is C13H15ClFNO. The summed E-state index contributed by atoms with van der Waals surface area (Å²) in [7, 11) is 0. The molecule has 0 unspecified atom stereocenters. The molecule has 0 saturated carbocycles. The van der Waals surface area contributed by atoms with Crippen molar-refractivity contribution >= 4 is 17.4 Å². The van der Waals surface area contributed by atoms with Gasteiger partial charge in [0.1, 0.15) is 11.6 Å². The zero-order valence-corrected chi connectivity index (χ0v) is 10.3. The third-order valence-electron chi connectivity index (χ3n) is 3.17. The first-order chi connectivity index (χ1) is 8.16. The van der Waals surface area contributed by atoms with E-state index in [9.17, 15) is 9.18 Å². The van der Waals surface area contributed by atoms with Crippen molar-refractivity contribution in [3.05, 3.63) is 34.6 Å². The summed E-state index contributed by atoms with van der Waals surface area (Å²) in [6.45, 7) is 1.74. The highest BCUT2D eigenvalue weighted by Gasteiger charge is 2.21. The van der Waals surface area contributed by atoms with E-state index in [4.69, 9.17) is 11.6 Å². The number of piperidine rings is 1. The van der Waals surface area contributed by atoms with Crippen LogP contribution in [0, 0.1) is 11.7 Å². The summed E-state index contributed by atoms with van der Waals surface area (Å²) in [5, 5.41) is 3.68. The number of carbonyl (C=O) groups is 1. The molecule has 1 saturated heterocycles. The number of halogens is 2. The molecule has 0 spiro atoms. The summed E-state index contributed by atoms with van der Waals surface area (Å²) in [5.41, 5.74) is 0.404. The molecule has 17 heavy (non-hydrogen) atoms. The molecule has 0 radical (unpaired) electrons. The van der Waals surface area contributed by atoms with E-state index in [2.05, 4.69) is 5.32 Å². The number of nitrogens with one attached hydrogen (secondary N) is 1. The van der Waals surface area contributed by atoms with E-state index in [0.29, 0.717) is 10.6 Å². The Kier molecular flexibility index (Phi) is 4.13. The number of hydrogen-bond acceptors (Lipinski definition) is 2. The van der Waals surface area contributed by atoms with Crippen molar-refractivity contribution in [2.75, 3.05) is 13.1 Å². The summed E-state index contributed by atoms with van der Waals surface area (Å²) < 4.78 is 13.5. The Labute approximate surface area is 105 Å². The van der Waals surface area contributed by atoms with Gasteiger partial charge in [0.2, 0.25) is 0 Å². The second-order valence-corrected chi connectivity index (χ2v) is 4.84. The van der Waals surface area contributed by atoms with Crippen LogP contribution < -0.4 is 5.32 Å². The van der Waals surface area contributed by atoms with Crippen LogP contribution >= 0.6 is 11.6 Å². The molecule has 0 amide bonds. The van der Waals surface area contributed by atoms with Gasteiger partial charge in [-0.1, -0.05) is 11.6 Å². The molecule has 0 aliphatic carbocycles. The third-order valence-corrected chi connectivity index (χ3v) is 3.40. The van der Waals surface area contributed by atoms with Crippen molar-refractivity contribution in [2.24, 2.45) is 5.92 Å². The lowest BCUT2D eigenvalue weighted by atomic mass is 9.90. The molecule has 92 valence electrons. The fourth-order valence-corrected chi connectivity index (χ4v) is 2.35. The SMILES string of the molecule is O=C(Cc1cc(Cl)ccc1F)C1CCNCC1. The van der Waals surface area contributed by atoms with Gasteiger partial charge < -0.3 is 5.32 Å². The Morgan fingerprint density at radius 2 is 2.12 bits per heavy atom. The van der Waals surface area contributed by atoms with Crippen molar-refractivity contribution in [1.82, 2.24) is 5.32 Å². The minimum Gasteiger partial charge on any atom is -0.317 e. The molecule has 1 fully saturated rings. The van der Waals surface area contributed by atoms with Gasteiger partial charge in [0.15, 0.2) is 0 Å². The molecule has 0 bridgehead atoms. The first kappa shape index (κ1) is 12.5. The maximum absolute atomic E-state index is 13.5. The van der Waals surface area contributed by atoms with Gasteiger partial charge in [-0.15, -0.1) is 0 Å². The first-order valence-electron chi connectivity index (χ1n) is 5.84. The Morgan fingerprint density at radius 1 is 1.41 bits per heavy atom. The average Bonchev–Trinajstić information content (AvgIpc) is 2.35. The predicted octanol–water partition coefficient (Wildman–Crippen LogP) is 2.59. The van der Waals surface area contributed by atoms with Crippen molar-refractivity contribution in [2.45, 2.75) is 19.3 Å².